The number of benzene rings is 1. The first-order chi connectivity index (χ1) is 12.1. The summed E-state index contributed by atoms with van der Waals surface area (Å²) in [6.45, 7) is 3.54. The molecule has 2 heterocycles. The molecule has 132 valence electrons. The first-order valence-corrected chi connectivity index (χ1v) is 8.96. The van der Waals surface area contributed by atoms with Crippen molar-refractivity contribution >= 4 is 5.91 Å². The van der Waals surface area contributed by atoms with Crippen molar-refractivity contribution in [2.45, 2.75) is 32.2 Å². The van der Waals surface area contributed by atoms with Gasteiger partial charge in [0.2, 0.25) is 0 Å². The molecule has 1 aliphatic carbocycles. The molecule has 2 aromatic rings. The highest BCUT2D eigenvalue weighted by molar-refractivity contribution is 5.95. The van der Waals surface area contributed by atoms with Crippen LogP contribution in [0.1, 0.15) is 35.8 Å². The molecule has 1 aliphatic heterocycles. The number of hydrogen-bond donors (Lipinski definition) is 1. The quantitative estimate of drug-likeness (QED) is 0.931. The normalized spacial score (nSPS) is 25.4. The highest BCUT2D eigenvalue weighted by Gasteiger charge is 2.43. The number of aromatic nitrogens is 2. The van der Waals surface area contributed by atoms with Crippen molar-refractivity contribution in [3.8, 4) is 5.69 Å². The van der Waals surface area contributed by atoms with E-state index < -0.39 is 0 Å². The van der Waals surface area contributed by atoms with Crippen molar-refractivity contribution in [2.75, 3.05) is 13.1 Å². The number of carbonyl (C=O) groups excluding carboxylic acids is 1. The van der Waals surface area contributed by atoms with E-state index in [1.54, 1.807) is 23.0 Å². The lowest BCUT2D eigenvalue weighted by Gasteiger charge is -2.19. The van der Waals surface area contributed by atoms with Gasteiger partial charge in [0.25, 0.3) is 5.91 Å². The molecule has 6 heteroatoms. The predicted molar refractivity (Wildman–Crippen MR) is 93.0 cm³/mol. The largest absolute Gasteiger partial charge is 0.338 e. The lowest BCUT2D eigenvalue weighted by molar-refractivity contribution is 0.0778. The van der Waals surface area contributed by atoms with Gasteiger partial charge in [-0.15, -0.1) is 0 Å². The SMILES string of the molecule is CCc1c(C(=O)N2CC3CCC(N)C3C2)cnn1-c1ccc(F)cc1. The Labute approximate surface area is 146 Å². The molecule has 2 aliphatic rings. The van der Waals surface area contributed by atoms with Crippen LogP contribution in [0.15, 0.2) is 30.5 Å². The predicted octanol–water partition coefficient (Wildman–Crippen LogP) is 2.38. The van der Waals surface area contributed by atoms with Crippen LogP contribution in [0.5, 0.6) is 0 Å². The summed E-state index contributed by atoms with van der Waals surface area (Å²) in [5.74, 6) is 0.717. The minimum absolute atomic E-state index is 0.0341. The molecule has 5 nitrogen and oxygen atoms in total. The van der Waals surface area contributed by atoms with Gasteiger partial charge >= 0.3 is 0 Å². The molecule has 3 unspecified atom stereocenters. The van der Waals surface area contributed by atoms with E-state index in [2.05, 4.69) is 5.10 Å². The summed E-state index contributed by atoms with van der Waals surface area (Å²) in [5, 5.41) is 4.39. The third-order valence-corrected chi connectivity index (χ3v) is 5.70. The summed E-state index contributed by atoms with van der Waals surface area (Å²) in [4.78, 5) is 15.0. The van der Waals surface area contributed by atoms with Gasteiger partial charge in [0.15, 0.2) is 0 Å². The average Bonchev–Trinajstić information content (AvgIpc) is 3.30. The van der Waals surface area contributed by atoms with E-state index in [4.69, 9.17) is 5.73 Å². The summed E-state index contributed by atoms with van der Waals surface area (Å²) in [5.41, 5.74) is 8.44. The van der Waals surface area contributed by atoms with E-state index in [9.17, 15) is 9.18 Å². The van der Waals surface area contributed by atoms with Gasteiger partial charge in [0.05, 0.1) is 23.1 Å². The topological polar surface area (TPSA) is 64.2 Å². The lowest BCUT2D eigenvalue weighted by atomic mass is 9.98. The van der Waals surface area contributed by atoms with Crippen LogP contribution in [-0.2, 0) is 6.42 Å². The number of likely N-dealkylation sites (tertiary alicyclic amines) is 1. The summed E-state index contributed by atoms with van der Waals surface area (Å²) in [7, 11) is 0. The fourth-order valence-corrected chi connectivity index (χ4v) is 4.34. The minimum atomic E-state index is -0.287. The van der Waals surface area contributed by atoms with Crippen LogP contribution in [-0.4, -0.2) is 39.7 Å². The maximum absolute atomic E-state index is 13.2. The zero-order chi connectivity index (χ0) is 17.6. The molecule has 1 aromatic heterocycles. The number of halogens is 1. The van der Waals surface area contributed by atoms with Crippen LogP contribution in [0, 0.1) is 17.7 Å². The molecule has 1 saturated carbocycles. The number of rotatable bonds is 3. The van der Waals surface area contributed by atoms with Gasteiger partial charge in [-0.2, -0.15) is 5.10 Å². The van der Waals surface area contributed by atoms with E-state index in [0.29, 0.717) is 23.8 Å². The van der Waals surface area contributed by atoms with Crippen molar-refractivity contribution in [1.82, 2.24) is 14.7 Å². The summed E-state index contributed by atoms with van der Waals surface area (Å²) >= 11 is 0. The van der Waals surface area contributed by atoms with Crippen molar-refractivity contribution in [1.29, 1.82) is 0 Å². The zero-order valence-electron chi connectivity index (χ0n) is 14.4. The number of hydrogen-bond acceptors (Lipinski definition) is 3. The van der Waals surface area contributed by atoms with E-state index in [-0.39, 0.29) is 17.8 Å². The number of nitrogens with two attached hydrogens (primary N) is 1. The Balaban J connectivity index is 1.60. The number of amides is 1. The Bertz CT molecular complexity index is 785. The molecule has 2 fully saturated rings. The van der Waals surface area contributed by atoms with Crippen LogP contribution in [0.2, 0.25) is 0 Å². The lowest BCUT2D eigenvalue weighted by Crippen LogP contribution is -2.33. The van der Waals surface area contributed by atoms with Crippen LogP contribution in [0.4, 0.5) is 4.39 Å². The van der Waals surface area contributed by atoms with Crippen LogP contribution >= 0.6 is 0 Å². The van der Waals surface area contributed by atoms with Crippen molar-refractivity contribution in [3.05, 3.63) is 47.5 Å². The van der Waals surface area contributed by atoms with Gasteiger partial charge in [0, 0.05) is 19.1 Å². The molecule has 1 amide bonds. The first kappa shape index (κ1) is 16.3. The van der Waals surface area contributed by atoms with Crippen molar-refractivity contribution in [2.24, 2.45) is 17.6 Å². The Kier molecular flexibility index (Phi) is 4.07. The highest BCUT2D eigenvalue weighted by Crippen LogP contribution is 2.37. The third kappa shape index (κ3) is 2.74. The second-order valence-corrected chi connectivity index (χ2v) is 7.12. The number of fused-ring (bicyclic) bond motifs is 1. The van der Waals surface area contributed by atoms with Crippen molar-refractivity contribution < 1.29 is 9.18 Å². The Morgan fingerprint density at radius 2 is 2.04 bits per heavy atom. The van der Waals surface area contributed by atoms with Gasteiger partial charge in [-0.05, 0) is 55.4 Å². The maximum atomic E-state index is 13.2. The molecule has 1 saturated heterocycles. The van der Waals surface area contributed by atoms with Gasteiger partial charge in [-0.1, -0.05) is 6.92 Å². The van der Waals surface area contributed by atoms with E-state index in [1.165, 1.54) is 12.1 Å². The molecular formula is C19H23FN4O. The van der Waals surface area contributed by atoms with Crippen LogP contribution in [0.25, 0.3) is 5.69 Å². The van der Waals surface area contributed by atoms with E-state index in [0.717, 1.165) is 37.3 Å². The second-order valence-electron chi connectivity index (χ2n) is 7.12. The van der Waals surface area contributed by atoms with Gasteiger partial charge in [-0.3, -0.25) is 4.79 Å². The van der Waals surface area contributed by atoms with Gasteiger partial charge in [-0.25, -0.2) is 9.07 Å². The Morgan fingerprint density at radius 3 is 2.72 bits per heavy atom. The van der Waals surface area contributed by atoms with Crippen molar-refractivity contribution in [3.63, 3.8) is 0 Å². The van der Waals surface area contributed by atoms with Gasteiger partial charge < -0.3 is 10.6 Å². The van der Waals surface area contributed by atoms with E-state index in [1.807, 2.05) is 11.8 Å². The Hall–Kier alpha value is -2.21. The smallest absolute Gasteiger partial charge is 0.257 e. The fourth-order valence-electron chi connectivity index (χ4n) is 4.34. The second kappa shape index (κ2) is 6.26. The standard InChI is InChI=1S/C19H23FN4O/c1-2-18-15(9-22-24(18)14-6-4-13(20)5-7-14)19(25)23-10-12-3-8-17(21)16(12)11-23/h4-7,9,12,16-17H,2-3,8,10-11,21H2,1H3. The Morgan fingerprint density at radius 1 is 1.28 bits per heavy atom. The molecule has 4 rings (SSSR count). The van der Waals surface area contributed by atoms with Gasteiger partial charge in [0.1, 0.15) is 5.82 Å². The molecule has 25 heavy (non-hydrogen) atoms. The first-order valence-electron chi connectivity index (χ1n) is 8.96. The molecule has 0 bridgehead atoms. The molecule has 1 aromatic carbocycles. The molecule has 0 spiro atoms. The third-order valence-electron chi connectivity index (χ3n) is 5.70. The minimum Gasteiger partial charge on any atom is -0.338 e. The highest BCUT2D eigenvalue weighted by atomic mass is 19.1. The van der Waals surface area contributed by atoms with Crippen LogP contribution in [0.3, 0.4) is 0 Å². The summed E-state index contributed by atoms with van der Waals surface area (Å²) in [6, 6.07) is 6.38. The number of nitrogens with zero attached hydrogens (tertiary/aromatic N) is 3. The number of carbonyl (C=O) groups is 1. The van der Waals surface area contributed by atoms with Crippen LogP contribution < -0.4 is 5.73 Å². The zero-order valence-corrected chi connectivity index (χ0v) is 14.4. The molecule has 2 N–H and O–H groups in total. The monoisotopic (exact) mass is 342 g/mol. The molecular weight excluding hydrogens is 319 g/mol. The summed E-state index contributed by atoms with van der Waals surface area (Å²) < 4.78 is 14.9. The summed E-state index contributed by atoms with van der Waals surface area (Å²) in [6.07, 6.45) is 4.50. The average molecular weight is 342 g/mol. The molecule has 0 radical (unpaired) electrons. The van der Waals surface area contributed by atoms with E-state index >= 15 is 0 Å². The molecule has 3 atom stereocenters. The maximum Gasteiger partial charge on any atom is 0.257 e. The fraction of sp³-hybridized carbons (Fsp3) is 0.474.